The lowest BCUT2D eigenvalue weighted by Gasteiger charge is -2.13. The third-order valence-corrected chi connectivity index (χ3v) is 5.34. The minimum absolute atomic E-state index is 0.165. The molecule has 0 saturated carbocycles. The van der Waals surface area contributed by atoms with Crippen molar-refractivity contribution in [2.24, 2.45) is 5.73 Å². The molecule has 100 valence electrons. The number of carboxylic acids is 1. The summed E-state index contributed by atoms with van der Waals surface area (Å²) in [6.07, 6.45) is 0.165. The molecule has 2 atom stereocenters. The summed E-state index contributed by atoms with van der Waals surface area (Å²) >= 11 is 2.92. The van der Waals surface area contributed by atoms with E-state index in [0.29, 0.717) is 11.1 Å². The van der Waals surface area contributed by atoms with E-state index < -0.39 is 24.2 Å². The van der Waals surface area contributed by atoms with Gasteiger partial charge in [-0.1, -0.05) is 40.2 Å². The molecule has 0 aliphatic carbocycles. The molecular formula is C10H13BrNO5P. The quantitative estimate of drug-likeness (QED) is 0.473. The molecule has 8 heteroatoms. The van der Waals surface area contributed by atoms with Crippen molar-refractivity contribution in [1.29, 1.82) is 0 Å². The fourth-order valence-corrected chi connectivity index (χ4v) is 2.21. The van der Waals surface area contributed by atoms with Crippen molar-refractivity contribution in [3.63, 3.8) is 0 Å². The summed E-state index contributed by atoms with van der Waals surface area (Å²) in [6, 6.07) is 5.27. The maximum atomic E-state index is 11.0. The summed E-state index contributed by atoms with van der Waals surface area (Å²) < 4.78 is 9.97. The Labute approximate surface area is 112 Å². The van der Waals surface area contributed by atoms with Gasteiger partial charge in [-0.15, -0.1) is 0 Å². The number of aliphatic carboxylic acids is 1. The van der Waals surface area contributed by atoms with Crippen molar-refractivity contribution in [1.82, 2.24) is 0 Å². The lowest BCUT2D eigenvalue weighted by molar-refractivity contribution is -0.138. The Kier molecular flexibility index (Phi) is 5.07. The van der Waals surface area contributed by atoms with Crippen molar-refractivity contribution >= 4 is 29.5 Å². The first-order chi connectivity index (χ1) is 8.21. The van der Waals surface area contributed by atoms with Gasteiger partial charge in [-0.05, 0) is 17.5 Å². The smallest absolute Gasteiger partial charge is 0.343 e. The molecular weight excluding hydrogens is 325 g/mol. The van der Waals surface area contributed by atoms with Crippen molar-refractivity contribution in [2.75, 3.05) is 0 Å². The average molecular weight is 338 g/mol. The molecule has 0 aliphatic rings. The minimum atomic E-state index is -4.24. The number of rotatable bonds is 5. The predicted octanol–water partition coefficient (Wildman–Crippen LogP) is 1.21. The van der Waals surface area contributed by atoms with Gasteiger partial charge in [0.15, 0.2) is 0 Å². The first-order valence-corrected chi connectivity index (χ1v) is 7.58. The van der Waals surface area contributed by atoms with Gasteiger partial charge in [-0.3, -0.25) is 9.36 Å². The molecule has 18 heavy (non-hydrogen) atoms. The Bertz CT molecular complexity index is 472. The van der Waals surface area contributed by atoms with E-state index in [1.807, 2.05) is 0 Å². The Balaban J connectivity index is 2.81. The molecule has 0 saturated heterocycles. The van der Waals surface area contributed by atoms with E-state index in [9.17, 15) is 9.36 Å². The number of alkyl halides is 1. The number of benzene rings is 1. The van der Waals surface area contributed by atoms with Crippen molar-refractivity contribution in [3.05, 3.63) is 35.4 Å². The van der Waals surface area contributed by atoms with Crippen LogP contribution >= 0.6 is 23.5 Å². The van der Waals surface area contributed by atoms with E-state index in [0.717, 1.165) is 0 Å². The molecule has 1 aromatic rings. The second-order valence-corrected chi connectivity index (χ2v) is 7.13. The summed E-state index contributed by atoms with van der Waals surface area (Å²) in [5, 5.41) is 8.66. The van der Waals surface area contributed by atoms with E-state index in [-0.39, 0.29) is 6.42 Å². The molecule has 0 spiro atoms. The normalized spacial score (nSPS) is 15.1. The van der Waals surface area contributed by atoms with E-state index in [1.54, 1.807) is 12.1 Å². The number of hydrogen-bond acceptors (Lipinski definition) is 3. The van der Waals surface area contributed by atoms with Crippen LogP contribution in [0.25, 0.3) is 0 Å². The van der Waals surface area contributed by atoms with Gasteiger partial charge in [-0.25, -0.2) is 0 Å². The number of halogens is 1. The van der Waals surface area contributed by atoms with Crippen LogP contribution in [0.5, 0.6) is 0 Å². The van der Waals surface area contributed by atoms with Crippen molar-refractivity contribution in [3.8, 4) is 0 Å². The largest absolute Gasteiger partial charge is 0.480 e. The van der Waals surface area contributed by atoms with Gasteiger partial charge in [0.05, 0.1) is 0 Å². The zero-order valence-electron chi connectivity index (χ0n) is 9.23. The standard InChI is InChI=1S/C10H13BrNO5P/c11-9(18(15,16)17)7-3-1-6(2-4-7)5-8(12)10(13)14/h1-4,8-9H,5,12H2,(H,13,14)(H2,15,16,17)/t8-,9?/m0/s1. The minimum Gasteiger partial charge on any atom is -0.480 e. The molecule has 1 aromatic carbocycles. The molecule has 1 rings (SSSR count). The fourth-order valence-electron chi connectivity index (χ4n) is 1.35. The highest BCUT2D eigenvalue weighted by atomic mass is 79.9. The number of hydrogen-bond donors (Lipinski definition) is 4. The number of nitrogens with two attached hydrogens (primary N) is 1. The first kappa shape index (κ1) is 15.3. The van der Waals surface area contributed by atoms with Crippen molar-refractivity contribution < 1.29 is 24.3 Å². The highest BCUT2D eigenvalue weighted by Crippen LogP contribution is 2.55. The lowest BCUT2D eigenvalue weighted by atomic mass is 10.1. The molecule has 0 aromatic heterocycles. The van der Waals surface area contributed by atoms with Gasteiger partial charge >= 0.3 is 13.6 Å². The highest BCUT2D eigenvalue weighted by molar-refractivity contribution is 9.10. The van der Waals surface area contributed by atoms with Gasteiger partial charge in [0.25, 0.3) is 0 Å². The Morgan fingerprint density at radius 3 is 2.22 bits per heavy atom. The second-order valence-electron chi connectivity index (χ2n) is 3.82. The van der Waals surface area contributed by atoms with E-state index in [2.05, 4.69) is 15.9 Å². The van der Waals surface area contributed by atoms with Gasteiger partial charge in [0.2, 0.25) is 0 Å². The maximum absolute atomic E-state index is 11.0. The molecule has 0 aliphatic heterocycles. The van der Waals surface area contributed by atoms with Crippen LogP contribution in [0.4, 0.5) is 0 Å². The van der Waals surface area contributed by atoms with Gasteiger partial charge in [0, 0.05) is 0 Å². The number of carbonyl (C=O) groups is 1. The summed E-state index contributed by atoms with van der Waals surface area (Å²) in [5.41, 5.74) is 6.50. The van der Waals surface area contributed by atoms with Crippen LogP contribution in [-0.2, 0) is 15.8 Å². The SMILES string of the molecule is N[C@@H](Cc1ccc(C(Br)P(=O)(O)O)cc1)C(=O)O. The Hall–Kier alpha value is -0.720. The van der Waals surface area contributed by atoms with Crippen LogP contribution in [0, 0.1) is 0 Å². The Morgan fingerprint density at radius 1 is 1.33 bits per heavy atom. The van der Waals surface area contributed by atoms with Crippen LogP contribution in [0.2, 0.25) is 0 Å². The second kappa shape index (κ2) is 5.95. The molecule has 5 N–H and O–H groups in total. The van der Waals surface area contributed by atoms with Crippen LogP contribution in [-0.4, -0.2) is 26.9 Å². The molecule has 1 unspecified atom stereocenters. The topological polar surface area (TPSA) is 121 Å². The summed E-state index contributed by atoms with van der Waals surface area (Å²) in [6.45, 7) is 0. The Morgan fingerprint density at radius 2 is 1.83 bits per heavy atom. The van der Waals surface area contributed by atoms with Crippen LogP contribution in [0.3, 0.4) is 0 Å². The third-order valence-electron chi connectivity index (χ3n) is 2.32. The van der Waals surface area contributed by atoms with Crippen LogP contribution in [0.15, 0.2) is 24.3 Å². The summed E-state index contributed by atoms with van der Waals surface area (Å²) in [7, 11) is -4.24. The maximum Gasteiger partial charge on any atom is 0.343 e. The van der Waals surface area contributed by atoms with Crippen LogP contribution in [0.1, 0.15) is 15.7 Å². The summed E-state index contributed by atoms with van der Waals surface area (Å²) in [4.78, 5) is 28.6. The molecule has 0 radical (unpaired) electrons. The predicted molar refractivity (Wildman–Crippen MR) is 69.5 cm³/mol. The molecule has 0 amide bonds. The van der Waals surface area contributed by atoms with Crippen molar-refractivity contribution in [2.45, 2.75) is 17.0 Å². The van der Waals surface area contributed by atoms with E-state index in [4.69, 9.17) is 20.6 Å². The fraction of sp³-hybridized carbons (Fsp3) is 0.300. The molecule has 0 heterocycles. The van der Waals surface area contributed by atoms with Gasteiger partial charge in [0.1, 0.15) is 10.6 Å². The highest BCUT2D eigenvalue weighted by Gasteiger charge is 2.27. The first-order valence-electron chi connectivity index (χ1n) is 4.98. The zero-order chi connectivity index (χ0) is 13.9. The van der Waals surface area contributed by atoms with E-state index in [1.165, 1.54) is 12.1 Å². The third kappa shape index (κ3) is 4.19. The summed E-state index contributed by atoms with van der Waals surface area (Å²) in [5.74, 6) is -1.09. The molecule has 0 fully saturated rings. The van der Waals surface area contributed by atoms with Gasteiger partial charge in [-0.2, -0.15) is 0 Å². The lowest BCUT2D eigenvalue weighted by Crippen LogP contribution is -2.32. The molecule has 6 nitrogen and oxygen atoms in total. The monoisotopic (exact) mass is 337 g/mol. The van der Waals surface area contributed by atoms with Crippen LogP contribution < -0.4 is 5.73 Å². The van der Waals surface area contributed by atoms with E-state index >= 15 is 0 Å². The zero-order valence-corrected chi connectivity index (χ0v) is 11.7. The van der Waals surface area contributed by atoms with Gasteiger partial charge < -0.3 is 20.6 Å². The number of carboxylic acid groups (broad SMARTS) is 1. The molecule has 0 bridgehead atoms. The average Bonchev–Trinajstić information content (AvgIpc) is 2.27.